The van der Waals surface area contributed by atoms with Crippen molar-refractivity contribution in [2.24, 2.45) is 5.92 Å². The Labute approximate surface area is 145 Å². The predicted molar refractivity (Wildman–Crippen MR) is 105 cm³/mol. The molecule has 0 saturated carbocycles. The summed E-state index contributed by atoms with van der Waals surface area (Å²) in [5.74, 6) is 0.977. The maximum absolute atomic E-state index is 12.5. The van der Waals surface area contributed by atoms with E-state index in [1.807, 2.05) is 40.7 Å². The molecule has 0 heterocycles. The molecule has 0 radical (unpaired) electrons. The molecule has 2 heteroatoms. The number of ketones is 1. The Bertz CT molecular complexity index is 351. The van der Waals surface area contributed by atoms with Gasteiger partial charge in [-0.15, -0.1) is 0 Å². The standard InChI is InChI=1S/C8H9F.C6H14.C3H6O.2C2H6/c1-6-3-4-8(9)7(2)5-6;1-4-6(3)5-2;1-3(2)4;2*1-2/h3-5H,1-2H3;6H,4-5H2,1-3H3;1-2H3;2*1-2H3. The number of aryl methyl sites for hydroxylation is 2. The van der Waals surface area contributed by atoms with Crippen LogP contribution in [0.15, 0.2) is 18.2 Å². The van der Waals surface area contributed by atoms with Gasteiger partial charge in [0.05, 0.1) is 0 Å². The van der Waals surface area contributed by atoms with Crippen molar-refractivity contribution in [2.75, 3.05) is 0 Å². The van der Waals surface area contributed by atoms with E-state index in [1.165, 1.54) is 32.8 Å². The highest BCUT2D eigenvalue weighted by molar-refractivity contribution is 5.72. The fourth-order valence-corrected chi connectivity index (χ4v) is 1.08. The van der Waals surface area contributed by atoms with Crippen molar-refractivity contribution in [1.29, 1.82) is 0 Å². The molecular weight excluding hydrogens is 287 g/mol. The van der Waals surface area contributed by atoms with Crippen LogP contribution in [0.3, 0.4) is 0 Å². The third-order valence-corrected chi connectivity index (χ3v) is 2.71. The van der Waals surface area contributed by atoms with E-state index >= 15 is 0 Å². The minimum atomic E-state index is -0.124. The number of carbonyl (C=O) groups is 1. The third-order valence-electron chi connectivity index (χ3n) is 2.71. The molecule has 0 aliphatic rings. The molecule has 0 unspecified atom stereocenters. The number of benzene rings is 1. The van der Waals surface area contributed by atoms with Crippen molar-refractivity contribution < 1.29 is 9.18 Å². The smallest absolute Gasteiger partial charge is 0.126 e. The SMILES string of the molecule is CC.CC.CC(C)=O.CCC(C)CC.Cc1ccc(F)c(C)c1. The molecule has 0 spiro atoms. The van der Waals surface area contributed by atoms with Crippen molar-refractivity contribution in [3.05, 3.63) is 35.1 Å². The third kappa shape index (κ3) is 29.5. The molecule has 1 aromatic carbocycles. The molecule has 0 saturated heterocycles. The van der Waals surface area contributed by atoms with Crippen LogP contribution in [-0.2, 0) is 4.79 Å². The Morgan fingerprint density at radius 2 is 1.35 bits per heavy atom. The lowest BCUT2D eigenvalue weighted by molar-refractivity contribution is -0.114. The van der Waals surface area contributed by atoms with Gasteiger partial charge in [-0.05, 0) is 45.2 Å². The molecule has 0 atom stereocenters. The van der Waals surface area contributed by atoms with Gasteiger partial charge in [-0.3, -0.25) is 0 Å². The van der Waals surface area contributed by atoms with Crippen LogP contribution >= 0.6 is 0 Å². The van der Waals surface area contributed by atoms with Crippen molar-refractivity contribution in [3.8, 4) is 0 Å². The molecule has 0 aromatic heterocycles. The van der Waals surface area contributed by atoms with E-state index in [0.29, 0.717) is 0 Å². The summed E-state index contributed by atoms with van der Waals surface area (Å²) in [4.78, 5) is 9.44. The zero-order valence-corrected chi connectivity index (χ0v) is 17.5. The highest BCUT2D eigenvalue weighted by Crippen LogP contribution is 2.07. The van der Waals surface area contributed by atoms with Gasteiger partial charge in [0, 0.05) is 0 Å². The predicted octanol–water partition coefficient (Wildman–Crippen LogP) is 7.53. The second-order valence-electron chi connectivity index (χ2n) is 5.08. The van der Waals surface area contributed by atoms with Crippen LogP contribution in [0.4, 0.5) is 4.39 Å². The van der Waals surface area contributed by atoms with E-state index in [-0.39, 0.29) is 11.6 Å². The molecule has 0 fully saturated rings. The normalized spacial score (nSPS) is 8.04. The number of rotatable bonds is 2. The largest absolute Gasteiger partial charge is 0.300 e. The van der Waals surface area contributed by atoms with Crippen LogP contribution < -0.4 is 0 Å². The first-order valence-electron chi connectivity index (χ1n) is 8.94. The molecule has 0 aliphatic carbocycles. The van der Waals surface area contributed by atoms with Crippen LogP contribution in [0.25, 0.3) is 0 Å². The van der Waals surface area contributed by atoms with Crippen LogP contribution in [0.5, 0.6) is 0 Å². The highest BCUT2D eigenvalue weighted by atomic mass is 19.1. The molecule has 0 aliphatic heterocycles. The first-order chi connectivity index (χ1) is 10.7. The van der Waals surface area contributed by atoms with Crippen molar-refractivity contribution in [2.45, 2.75) is 89.0 Å². The molecule has 1 aromatic rings. The average Bonchev–Trinajstić information content (AvgIpc) is 2.54. The fourth-order valence-electron chi connectivity index (χ4n) is 1.08. The Morgan fingerprint density at radius 3 is 1.52 bits per heavy atom. The van der Waals surface area contributed by atoms with Gasteiger partial charge in [0.1, 0.15) is 11.6 Å². The summed E-state index contributed by atoms with van der Waals surface area (Å²) in [5.41, 5.74) is 1.82. The Morgan fingerprint density at radius 1 is 1.00 bits per heavy atom. The van der Waals surface area contributed by atoms with Gasteiger partial charge < -0.3 is 4.79 Å². The molecular formula is C21H41FO. The summed E-state index contributed by atoms with van der Waals surface area (Å²) in [6.45, 7) is 21.5. The zero-order chi connectivity index (χ0) is 19.4. The van der Waals surface area contributed by atoms with E-state index < -0.39 is 0 Å². The lowest BCUT2D eigenvalue weighted by atomic mass is 10.1. The van der Waals surface area contributed by atoms with E-state index in [1.54, 1.807) is 13.0 Å². The first-order valence-corrected chi connectivity index (χ1v) is 8.94. The van der Waals surface area contributed by atoms with E-state index in [0.717, 1.165) is 17.0 Å². The van der Waals surface area contributed by atoms with Crippen LogP contribution in [-0.4, -0.2) is 5.78 Å². The lowest BCUT2D eigenvalue weighted by Crippen LogP contribution is -1.85. The maximum atomic E-state index is 12.5. The van der Waals surface area contributed by atoms with Crippen LogP contribution in [0.2, 0.25) is 0 Å². The topological polar surface area (TPSA) is 17.1 Å². The molecule has 1 nitrogen and oxygen atoms in total. The van der Waals surface area contributed by atoms with Gasteiger partial charge in [-0.2, -0.15) is 0 Å². The second-order valence-corrected chi connectivity index (χ2v) is 5.08. The average molecular weight is 329 g/mol. The van der Waals surface area contributed by atoms with Crippen LogP contribution in [0.1, 0.15) is 86.3 Å². The van der Waals surface area contributed by atoms with E-state index in [9.17, 15) is 9.18 Å². The number of Topliss-reactive ketones (excluding diaryl/α,β-unsaturated/α-hetero) is 1. The quantitative estimate of drug-likeness (QED) is 0.548. The van der Waals surface area contributed by atoms with E-state index in [4.69, 9.17) is 0 Å². The number of halogens is 1. The second kappa shape index (κ2) is 23.1. The summed E-state index contributed by atoms with van der Waals surface area (Å²) >= 11 is 0. The maximum Gasteiger partial charge on any atom is 0.126 e. The molecule has 23 heavy (non-hydrogen) atoms. The van der Waals surface area contributed by atoms with Gasteiger partial charge in [0.25, 0.3) is 0 Å². The van der Waals surface area contributed by atoms with Gasteiger partial charge in [0.15, 0.2) is 0 Å². The Balaban J connectivity index is -0.000000113. The fraction of sp³-hybridized carbons (Fsp3) is 0.667. The molecule has 0 bridgehead atoms. The van der Waals surface area contributed by atoms with Crippen molar-refractivity contribution in [3.63, 3.8) is 0 Å². The molecule has 0 amide bonds. The van der Waals surface area contributed by atoms with Crippen molar-refractivity contribution in [1.82, 2.24) is 0 Å². The first kappa shape index (κ1) is 29.8. The lowest BCUT2D eigenvalue weighted by Gasteiger charge is -1.98. The summed E-state index contributed by atoms with van der Waals surface area (Å²) in [5, 5.41) is 0. The summed E-state index contributed by atoms with van der Waals surface area (Å²) < 4.78 is 12.5. The van der Waals surface area contributed by atoms with Gasteiger partial charge in [-0.1, -0.05) is 79.0 Å². The molecule has 0 N–H and O–H groups in total. The highest BCUT2D eigenvalue weighted by Gasteiger charge is 1.93. The zero-order valence-electron chi connectivity index (χ0n) is 17.5. The summed E-state index contributed by atoms with van der Waals surface area (Å²) in [6, 6.07) is 5.09. The van der Waals surface area contributed by atoms with Crippen molar-refractivity contribution >= 4 is 5.78 Å². The monoisotopic (exact) mass is 328 g/mol. The number of hydrogen-bond donors (Lipinski definition) is 0. The summed E-state index contributed by atoms with van der Waals surface area (Å²) in [7, 11) is 0. The minimum Gasteiger partial charge on any atom is -0.300 e. The molecule has 138 valence electrons. The Kier molecular flexibility index (Phi) is 29.9. The number of carbonyl (C=O) groups excluding carboxylic acids is 1. The molecule has 1 rings (SSSR count). The number of hydrogen-bond acceptors (Lipinski definition) is 1. The van der Waals surface area contributed by atoms with E-state index in [2.05, 4.69) is 20.8 Å². The van der Waals surface area contributed by atoms with Gasteiger partial charge in [0.2, 0.25) is 0 Å². The van der Waals surface area contributed by atoms with Gasteiger partial charge >= 0.3 is 0 Å². The van der Waals surface area contributed by atoms with Gasteiger partial charge in [-0.25, -0.2) is 4.39 Å². The van der Waals surface area contributed by atoms with Crippen LogP contribution in [0, 0.1) is 25.6 Å². The Hall–Kier alpha value is -1.18. The minimum absolute atomic E-state index is 0.124. The summed E-state index contributed by atoms with van der Waals surface area (Å²) in [6.07, 6.45) is 2.66.